The van der Waals surface area contributed by atoms with Gasteiger partial charge < -0.3 is 9.88 Å². The molecule has 3 aromatic heterocycles. The molecule has 1 aromatic carbocycles. The standard InChI is InChI=1S/C20H21N7O/c1-26-10-5-8-19(26)17-12-18(25-24-17)20(28)23-16(15-6-3-2-4-7-15)9-11-27-14-21-13-22-27/h2-8,10,12-14,16H,9,11H2,1H3,(H,23,28)(H,24,25)/t16-/m1/s1. The molecule has 1 amide bonds. The lowest BCUT2D eigenvalue weighted by Gasteiger charge is -2.18. The van der Waals surface area contributed by atoms with Gasteiger partial charge in [0.25, 0.3) is 5.91 Å². The summed E-state index contributed by atoms with van der Waals surface area (Å²) < 4.78 is 3.72. The highest BCUT2D eigenvalue weighted by molar-refractivity contribution is 5.93. The van der Waals surface area contributed by atoms with Gasteiger partial charge in [0.1, 0.15) is 24.0 Å². The quantitative estimate of drug-likeness (QED) is 0.519. The van der Waals surface area contributed by atoms with Crippen molar-refractivity contribution >= 4 is 5.91 Å². The van der Waals surface area contributed by atoms with Crippen LogP contribution in [0.4, 0.5) is 0 Å². The van der Waals surface area contributed by atoms with Gasteiger partial charge in [-0.2, -0.15) is 10.2 Å². The summed E-state index contributed by atoms with van der Waals surface area (Å²) in [7, 11) is 1.94. The molecule has 0 fully saturated rings. The Morgan fingerprint density at radius 3 is 2.79 bits per heavy atom. The SMILES string of the molecule is Cn1cccc1-c1cc(C(=O)N[C@H](CCn2cncn2)c2ccccc2)[nH]n1. The fraction of sp³-hybridized carbons (Fsp3) is 0.200. The van der Waals surface area contributed by atoms with Gasteiger partial charge in [0.15, 0.2) is 0 Å². The van der Waals surface area contributed by atoms with E-state index < -0.39 is 0 Å². The van der Waals surface area contributed by atoms with Crippen LogP contribution >= 0.6 is 0 Å². The van der Waals surface area contributed by atoms with Crippen molar-refractivity contribution in [1.29, 1.82) is 0 Å². The summed E-state index contributed by atoms with van der Waals surface area (Å²) in [6, 6.07) is 15.4. The number of carbonyl (C=O) groups is 1. The Morgan fingerprint density at radius 2 is 2.07 bits per heavy atom. The zero-order chi connectivity index (χ0) is 19.3. The van der Waals surface area contributed by atoms with Crippen LogP contribution in [0.3, 0.4) is 0 Å². The second-order valence-corrected chi connectivity index (χ2v) is 6.56. The van der Waals surface area contributed by atoms with Crippen LogP contribution in [0.25, 0.3) is 11.4 Å². The van der Waals surface area contributed by atoms with Crippen LogP contribution in [0.1, 0.15) is 28.5 Å². The molecular formula is C20H21N7O. The monoisotopic (exact) mass is 375 g/mol. The number of carbonyl (C=O) groups excluding carboxylic acids is 1. The molecule has 2 N–H and O–H groups in total. The summed E-state index contributed by atoms with van der Waals surface area (Å²) in [6.45, 7) is 0.650. The van der Waals surface area contributed by atoms with Gasteiger partial charge in [-0.05, 0) is 30.2 Å². The third-order valence-electron chi connectivity index (χ3n) is 4.65. The summed E-state index contributed by atoms with van der Waals surface area (Å²) in [6.07, 6.45) is 5.81. The number of aromatic amines is 1. The first-order chi connectivity index (χ1) is 13.7. The molecular weight excluding hydrogens is 354 g/mol. The lowest BCUT2D eigenvalue weighted by Crippen LogP contribution is -2.29. The number of aromatic nitrogens is 6. The first-order valence-corrected chi connectivity index (χ1v) is 9.06. The van der Waals surface area contributed by atoms with Gasteiger partial charge in [-0.15, -0.1) is 0 Å². The Morgan fingerprint density at radius 1 is 1.21 bits per heavy atom. The van der Waals surface area contributed by atoms with E-state index in [0.29, 0.717) is 18.7 Å². The van der Waals surface area contributed by atoms with Crippen molar-refractivity contribution in [3.05, 3.63) is 78.6 Å². The van der Waals surface area contributed by atoms with E-state index in [1.54, 1.807) is 17.1 Å². The molecule has 8 nitrogen and oxygen atoms in total. The van der Waals surface area contributed by atoms with Gasteiger partial charge in [-0.3, -0.25) is 14.6 Å². The Bertz CT molecular complexity index is 1030. The van der Waals surface area contributed by atoms with E-state index in [1.165, 1.54) is 6.33 Å². The topological polar surface area (TPSA) is 93.4 Å². The number of H-pyrrole nitrogens is 1. The van der Waals surface area contributed by atoms with Crippen molar-refractivity contribution in [3.8, 4) is 11.4 Å². The van der Waals surface area contributed by atoms with Crippen LogP contribution in [0.5, 0.6) is 0 Å². The van der Waals surface area contributed by atoms with E-state index in [0.717, 1.165) is 17.0 Å². The third kappa shape index (κ3) is 3.85. The smallest absolute Gasteiger partial charge is 0.269 e. The number of nitrogens with zero attached hydrogens (tertiary/aromatic N) is 5. The van der Waals surface area contributed by atoms with Gasteiger partial charge in [0.2, 0.25) is 0 Å². The molecule has 0 aliphatic carbocycles. The second-order valence-electron chi connectivity index (χ2n) is 6.56. The number of rotatable bonds is 7. The van der Waals surface area contributed by atoms with E-state index >= 15 is 0 Å². The lowest BCUT2D eigenvalue weighted by atomic mass is 10.0. The van der Waals surface area contributed by atoms with E-state index in [9.17, 15) is 4.79 Å². The molecule has 4 rings (SSSR count). The maximum atomic E-state index is 12.8. The van der Waals surface area contributed by atoms with E-state index in [1.807, 2.05) is 60.3 Å². The van der Waals surface area contributed by atoms with Crippen molar-refractivity contribution in [2.45, 2.75) is 19.0 Å². The highest BCUT2D eigenvalue weighted by Gasteiger charge is 2.18. The molecule has 0 saturated carbocycles. The maximum Gasteiger partial charge on any atom is 0.269 e. The van der Waals surface area contributed by atoms with Crippen LogP contribution in [0.2, 0.25) is 0 Å². The number of hydrogen-bond acceptors (Lipinski definition) is 4. The fourth-order valence-corrected chi connectivity index (χ4v) is 3.15. The summed E-state index contributed by atoms with van der Waals surface area (Å²) in [5.41, 5.74) is 3.15. The van der Waals surface area contributed by atoms with Crippen molar-refractivity contribution in [2.75, 3.05) is 0 Å². The van der Waals surface area contributed by atoms with Crippen LogP contribution < -0.4 is 5.32 Å². The average Bonchev–Trinajstić information content (AvgIpc) is 3.47. The highest BCUT2D eigenvalue weighted by atomic mass is 16.2. The Labute approximate surface area is 162 Å². The number of benzene rings is 1. The Balaban J connectivity index is 1.50. The minimum Gasteiger partial charge on any atom is -0.349 e. The summed E-state index contributed by atoms with van der Waals surface area (Å²) in [5, 5.41) is 14.4. The largest absolute Gasteiger partial charge is 0.349 e. The molecule has 0 unspecified atom stereocenters. The highest BCUT2D eigenvalue weighted by Crippen LogP contribution is 2.20. The molecule has 0 spiro atoms. The molecule has 0 aliphatic rings. The van der Waals surface area contributed by atoms with Crippen molar-refractivity contribution in [3.63, 3.8) is 0 Å². The van der Waals surface area contributed by atoms with Crippen molar-refractivity contribution in [2.24, 2.45) is 7.05 Å². The number of hydrogen-bond donors (Lipinski definition) is 2. The van der Waals surface area contributed by atoms with Crippen LogP contribution in [0, 0.1) is 0 Å². The molecule has 0 aliphatic heterocycles. The van der Waals surface area contributed by atoms with Gasteiger partial charge in [-0.1, -0.05) is 30.3 Å². The predicted molar refractivity (Wildman–Crippen MR) is 104 cm³/mol. The van der Waals surface area contributed by atoms with Gasteiger partial charge in [0, 0.05) is 19.8 Å². The normalized spacial score (nSPS) is 12.0. The third-order valence-corrected chi connectivity index (χ3v) is 4.65. The molecule has 28 heavy (non-hydrogen) atoms. The Hall–Kier alpha value is -3.68. The molecule has 4 aromatic rings. The Kier molecular flexibility index (Phi) is 5.01. The van der Waals surface area contributed by atoms with E-state index in [2.05, 4.69) is 25.6 Å². The van der Waals surface area contributed by atoms with E-state index in [-0.39, 0.29) is 11.9 Å². The molecule has 1 atom stereocenters. The summed E-state index contributed by atoms with van der Waals surface area (Å²) in [5.74, 6) is -0.194. The minimum atomic E-state index is -0.194. The molecule has 8 heteroatoms. The molecule has 3 heterocycles. The van der Waals surface area contributed by atoms with Crippen LogP contribution in [0.15, 0.2) is 67.4 Å². The summed E-state index contributed by atoms with van der Waals surface area (Å²) >= 11 is 0. The fourth-order valence-electron chi connectivity index (χ4n) is 3.15. The van der Waals surface area contributed by atoms with E-state index in [4.69, 9.17) is 0 Å². The second kappa shape index (κ2) is 7.91. The lowest BCUT2D eigenvalue weighted by molar-refractivity contribution is 0.0928. The molecule has 142 valence electrons. The van der Waals surface area contributed by atoms with Crippen molar-refractivity contribution in [1.82, 2.24) is 34.8 Å². The number of nitrogens with one attached hydrogen (secondary N) is 2. The zero-order valence-corrected chi connectivity index (χ0v) is 15.5. The van der Waals surface area contributed by atoms with Gasteiger partial charge >= 0.3 is 0 Å². The first kappa shape index (κ1) is 17.7. The summed E-state index contributed by atoms with van der Waals surface area (Å²) in [4.78, 5) is 16.8. The van der Waals surface area contributed by atoms with Gasteiger partial charge in [0.05, 0.1) is 11.7 Å². The van der Waals surface area contributed by atoms with Crippen molar-refractivity contribution < 1.29 is 4.79 Å². The maximum absolute atomic E-state index is 12.8. The molecule has 0 saturated heterocycles. The number of amides is 1. The van der Waals surface area contributed by atoms with Gasteiger partial charge in [-0.25, -0.2) is 4.98 Å². The number of aryl methyl sites for hydroxylation is 2. The average molecular weight is 375 g/mol. The molecule has 0 bridgehead atoms. The molecule has 0 radical (unpaired) electrons. The first-order valence-electron chi connectivity index (χ1n) is 9.06. The zero-order valence-electron chi connectivity index (χ0n) is 15.5. The minimum absolute atomic E-state index is 0.153. The van der Waals surface area contributed by atoms with Crippen LogP contribution in [-0.2, 0) is 13.6 Å². The predicted octanol–water partition coefficient (Wildman–Crippen LogP) is 2.57. The van der Waals surface area contributed by atoms with Crippen LogP contribution in [-0.4, -0.2) is 35.4 Å².